The number of nitriles is 1. The Hall–Kier alpha value is -1.58. The van der Waals surface area contributed by atoms with Crippen LogP contribution in [0.3, 0.4) is 0 Å². The summed E-state index contributed by atoms with van der Waals surface area (Å²) >= 11 is 3.19. The van der Waals surface area contributed by atoms with Crippen LogP contribution in [-0.4, -0.2) is 22.8 Å². The molecule has 2 aromatic rings. The average Bonchev–Trinajstić information content (AvgIpc) is 2.91. The molecule has 6 heteroatoms. The van der Waals surface area contributed by atoms with Gasteiger partial charge >= 0.3 is 0 Å². The number of nitrogens with one attached hydrogen (secondary N) is 1. The standard InChI is InChI=1S/C12H12N4S2/c1-17-12-10(7-13)11(15-8-16-12)14-5-4-9-3-2-6-18-9/h2-3,6,8H,4-5H2,1H3,(H,14,15,16). The highest BCUT2D eigenvalue weighted by Crippen LogP contribution is 2.21. The first-order chi connectivity index (χ1) is 8.85. The summed E-state index contributed by atoms with van der Waals surface area (Å²) < 4.78 is 0. The normalized spacial score (nSPS) is 10.0. The third-order valence-corrected chi connectivity index (χ3v) is 3.99. The molecule has 0 amide bonds. The third-order valence-electron chi connectivity index (χ3n) is 2.36. The van der Waals surface area contributed by atoms with Crippen molar-refractivity contribution in [2.75, 3.05) is 18.1 Å². The van der Waals surface area contributed by atoms with Crippen LogP contribution in [-0.2, 0) is 6.42 Å². The zero-order chi connectivity index (χ0) is 12.8. The van der Waals surface area contributed by atoms with Gasteiger partial charge in [-0.25, -0.2) is 9.97 Å². The van der Waals surface area contributed by atoms with Gasteiger partial charge in [0.1, 0.15) is 28.8 Å². The molecule has 18 heavy (non-hydrogen) atoms. The van der Waals surface area contributed by atoms with Crippen LogP contribution in [0.2, 0.25) is 0 Å². The Morgan fingerprint density at radius 3 is 3.06 bits per heavy atom. The van der Waals surface area contributed by atoms with Crippen molar-refractivity contribution in [3.05, 3.63) is 34.3 Å². The summed E-state index contributed by atoms with van der Waals surface area (Å²) in [5.41, 5.74) is 0.524. The Balaban J connectivity index is 2.03. The van der Waals surface area contributed by atoms with E-state index in [-0.39, 0.29) is 0 Å². The molecule has 2 heterocycles. The zero-order valence-corrected chi connectivity index (χ0v) is 11.5. The topological polar surface area (TPSA) is 61.6 Å². The van der Waals surface area contributed by atoms with Gasteiger partial charge in [0, 0.05) is 11.4 Å². The summed E-state index contributed by atoms with van der Waals surface area (Å²) in [4.78, 5) is 9.52. The Kier molecular flexibility index (Phi) is 4.56. The van der Waals surface area contributed by atoms with E-state index >= 15 is 0 Å². The van der Waals surface area contributed by atoms with E-state index in [9.17, 15) is 0 Å². The maximum absolute atomic E-state index is 9.13. The van der Waals surface area contributed by atoms with Crippen molar-refractivity contribution in [3.8, 4) is 6.07 Å². The Morgan fingerprint density at radius 2 is 2.39 bits per heavy atom. The number of anilines is 1. The summed E-state index contributed by atoms with van der Waals surface area (Å²) in [6.45, 7) is 0.764. The molecule has 0 aromatic carbocycles. The van der Waals surface area contributed by atoms with Gasteiger partial charge in [0.25, 0.3) is 0 Å². The largest absolute Gasteiger partial charge is 0.368 e. The van der Waals surface area contributed by atoms with Gasteiger partial charge in [-0.15, -0.1) is 23.1 Å². The summed E-state index contributed by atoms with van der Waals surface area (Å²) in [7, 11) is 0. The second-order valence-corrected chi connectivity index (χ2v) is 5.30. The van der Waals surface area contributed by atoms with E-state index < -0.39 is 0 Å². The predicted octanol–water partition coefficient (Wildman–Crippen LogP) is 2.79. The van der Waals surface area contributed by atoms with Crippen LogP contribution < -0.4 is 5.32 Å². The van der Waals surface area contributed by atoms with E-state index in [0.717, 1.165) is 13.0 Å². The van der Waals surface area contributed by atoms with Crippen molar-refractivity contribution < 1.29 is 0 Å². The molecule has 0 aliphatic heterocycles. The maximum Gasteiger partial charge on any atom is 0.148 e. The lowest BCUT2D eigenvalue weighted by molar-refractivity contribution is 0.982. The molecule has 0 saturated carbocycles. The van der Waals surface area contributed by atoms with Gasteiger partial charge in [0.2, 0.25) is 0 Å². The van der Waals surface area contributed by atoms with Gasteiger partial charge in [-0.3, -0.25) is 0 Å². The highest BCUT2D eigenvalue weighted by molar-refractivity contribution is 7.98. The minimum Gasteiger partial charge on any atom is -0.368 e. The van der Waals surface area contributed by atoms with Gasteiger partial charge in [-0.05, 0) is 24.1 Å². The molecule has 0 unspecified atom stereocenters. The molecule has 2 rings (SSSR count). The number of thioether (sulfide) groups is 1. The number of aromatic nitrogens is 2. The minimum atomic E-state index is 0.524. The van der Waals surface area contributed by atoms with Crippen molar-refractivity contribution in [1.29, 1.82) is 5.26 Å². The minimum absolute atomic E-state index is 0.524. The molecule has 0 radical (unpaired) electrons. The number of rotatable bonds is 5. The van der Waals surface area contributed by atoms with Crippen molar-refractivity contribution in [1.82, 2.24) is 9.97 Å². The van der Waals surface area contributed by atoms with E-state index in [2.05, 4.69) is 32.8 Å². The van der Waals surface area contributed by atoms with Crippen LogP contribution in [0.4, 0.5) is 5.82 Å². The van der Waals surface area contributed by atoms with Gasteiger partial charge in [-0.1, -0.05) is 6.07 Å². The van der Waals surface area contributed by atoms with Gasteiger partial charge in [0.05, 0.1) is 0 Å². The Labute approximate surface area is 114 Å². The molecule has 0 fully saturated rings. The first-order valence-electron chi connectivity index (χ1n) is 5.40. The molecule has 0 saturated heterocycles. The lowest BCUT2D eigenvalue weighted by Crippen LogP contribution is -2.08. The number of thiophene rings is 1. The summed E-state index contributed by atoms with van der Waals surface area (Å²) in [6, 6.07) is 6.29. The number of nitrogens with zero attached hydrogens (tertiary/aromatic N) is 3. The molecule has 92 valence electrons. The maximum atomic E-state index is 9.13. The van der Waals surface area contributed by atoms with Crippen LogP contribution in [0.1, 0.15) is 10.4 Å². The van der Waals surface area contributed by atoms with Crippen LogP contribution in [0.5, 0.6) is 0 Å². The average molecular weight is 276 g/mol. The molecule has 2 aromatic heterocycles. The lowest BCUT2D eigenvalue weighted by atomic mass is 10.3. The predicted molar refractivity (Wildman–Crippen MR) is 75.0 cm³/mol. The third kappa shape index (κ3) is 3.00. The summed E-state index contributed by atoms with van der Waals surface area (Å²) in [5.74, 6) is 0.619. The van der Waals surface area contributed by atoms with Gasteiger partial charge in [0.15, 0.2) is 0 Å². The fourth-order valence-corrected chi connectivity index (χ4v) is 2.73. The van der Waals surface area contributed by atoms with Crippen molar-refractivity contribution in [2.45, 2.75) is 11.4 Å². The molecule has 0 bridgehead atoms. The smallest absolute Gasteiger partial charge is 0.148 e. The van der Waals surface area contributed by atoms with Crippen molar-refractivity contribution in [3.63, 3.8) is 0 Å². The first-order valence-corrected chi connectivity index (χ1v) is 7.51. The number of hydrogen-bond acceptors (Lipinski definition) is 6. The highest BCUT2D eigenvalue weighted by Gasteiger charge is 2.09. The number of hydrogen-bond donors (Lipinski definition) is 1. The fraction of sp³-hybridized carbons (Fsp3) is 0.250. The van der Waals surface area contributed by atoms with Crippen LogP contribution >= 0.6 is 23.1 Å². The van der Waals surface area contributed by atoms with Crippen LogP contribution in [0, 0.1) is 11.3 Å². The van der Waals surface area contributed by atoms with Crippen LogP contribution in [0.15, 0.2) is 28.9 Å². The lowest BCUT2D eigenvalue weighted by Gasteiger charge is -2.07. The zero-order valence-electron chi connectivity index (χ0n) is 9.88. The molecule has 4 nitrogen and oxygen atoms in total. The highest BCUT2D eigenvalue weighted by atomic mass is 32.2. The summed E-state index contributed by atoms with van der Waals surface area (Å²) in [6.07, 6.45) is 4.32. The quantitative estimate of drug-likeness (QED) is 0.672. The summed E-state index contributed by atoms with van der Waals surface area (Å²) in [5, 5.41) is 15.1. The van der Waals surface area contributed by atoms with Crippen molar-refractivity contribution in [2.24, 2.45) is 0 Å². The van der Waals surface area contributed by atoms with Gasteiger partial charge < -0.3 is 5.32 Å². The monoisotopic (exact) mass is 276 g/mol. The Bertz CT molecular complexity index is 546. The second kappa shape index (κ2) is 6.38. The molecule has 0 spiro atoms. The SMILES string of the molecule is CSc1ncnc(NCCc2cccs2)c1C#N. The fourth-order valence-electron chi connectivity index (χ4n) is 1.52. The van der Waals surface area contributed by atoms with E-state index in [1.165, 1.54) is 23.0 Å². The van der Waals surface area contributed by atoms with E-state index in [4.69, 9.17) is 5.26 Å². The van der Waals surface area contributed by atoms with Crippen molar-refractivity contribution >= 4 is 28.9 Å². The van der Waals surface area contributed by atoms with E-state index in [1.54, 1.807) is 11.3 Å². The van der Waals surface area contributed by atoms with E-state index in [1.807, 2.05) is 12.3 Å². The first kappa shape index (κ1) is 12.9. The molecule has 0 aliphatic rings. The molecular weight excluding hydrogens is 264 g/mol. The van der Waals surface area contributed by atoms with E-state index in [0.29, 0.717) is 16.4 Å². The molecule has 0 atom stereocenters. The molecule has 0 aliphatic carbocycles. The molecule has 1 N–H and O–H groups in total. The van der Waals surface area contributed by atoms with Crippen LogP contribution in [0.25, 0.3) is 0 Å². The van der Waals surface area contributed by atoms with Gasteiger partial charge in [-0.2, -0.15) is 5.26 Å². The molecular formula is C12H12N4S2. The second-order valence-electron chi connectivity index (χ2n) is 3.47. The Morgan fingerprint density at radius 1 is 1.50 bits per heavy atom.